The maximum Gasteiger partial charge on any atom is 0.233 e. The van der Waals surface area contributed by atoms with Gasteiger partial charge in [-0.15, -0.1) is 0 Å². The molecule has 0 unspecified atom stereocenters. The highest BCUT2D eigenvalue weighted by atomic mass is 16.5. The molecule has 0 aromatic heterocycles. The molecule has 1 heterocycles. The topological polar surface area (TPSA) is 53.6 Å². The molecule has 2 N–H and O–H groups in total. The Morgan fingerprint density at radius 1 is 1.16 bits per heavy atom. The van der Waals surface area contributed by atoms with Crippen LogP contribution < -0.4 is 10.6 Å². The quantitative estimate of drug-likeness (QED) is 0.603. The number of hydrogen-bond acceptors (Lipinski definition) is 4. The van der Waals surface area contributed by atoms with Crippen molar-refractivity contribution in [3.63, 3.8) is 0 Å². The van der Waals surface area contributed by atoms with Crippen LogP contribution in [0.1, 0.15) is 32.1 Å². The summed E-state index contributed by atoms with van der Waals surface area (Å²) < 4.78 is 4.90. The Morgan fingerprint density at radius 2 is 1.89 bits per heavy atom. The zero-order valence-electron chi connectivity index (χ0n) is 12.2. The molecule has 1 fully saturated rings. The molecule has 0 bridgehead atoms. The van der Waals surface area contributed by atoms with Crippen LogP contribution in [0.4, 0.5) is 0 Å². The fourth-order valence-corrected chi connectivity index (χ4v) is 2.33. The minimum absolute atomic E-state index is 0.0759. The molecule has 112 valence electrons. The van der Waals surface area contributed by atoms with Crippen molar-refractivity contribution >= 4 is 5.91 Å². The first kappa shape index (κ1) is 16.4. The molecule has 5 heteroatoms. The Morgan fingerprint density at radius 3 is 2.58 bits per heavy atom. The van der Waals surface area contributed by atoms with Crippen LogP contribution in [0.2, 0.25) is 0 Å². The number of hydrogen-bond donors (Lipinski definition) is 2. The van der Waals surface area contributed by atoms with Crippen LogP contribution in [0.5, 0.6) is 0 Å². The first-order valence-electron chi connectivity index (χ1n) is 7.51. The van der Waals surface area contributed by atoms with E-state index in [0.29, 0.717) is 13.2 Å². The summed E-state index contributed by atoms with van der Waals surface area (Å²) in [5.41, 5.74) is 0. The molecule has 1 amide bonds. The van der Waals surface area contributed by atoms with E-state index in [2.05, 4.69) is 15.5 Å². The van der Waals surface area contributed by atoms with Gasteiger partial charge in [0.05, 0.1) is 13.2 Å². The highest BCUT2D eigenvalue weighted by Crippen LogP contribution is 2.09. The summed E-state index contributed by atoms with van der Waals surface area (Å²) in [6.45, 7) is 6.09. The van der Waals surface area contributed by atoms with E-state index < -0.39 is 0 Å². The summed E-state index contributed by atoms with van der Waals surface area (Å²) in [6, 6.07) is 0. The fraction of sp³-hybridized carbons (Fsp3) is 0.929. The SMILES string of the molecule is COCCNCC(=O)NCCCN1CCCCCC1. The van der Waals surface area contributed by atoms with Gasteiger partial charge in [-0.2, -0.15) is 0 Å². The molecule has 0 radical (unpaired) electrons. The molecule has 0 atom stereocenters. The molecule has 0 spiro atoms. The first-order chi connectivity index (χ1) is 9.33. The number of amides is 1. The van der Waals surface area contributed by atoms with Crippen molar-refractivity contribution < 1.29 is 9.53 Å². The molecule has 1 aliphatic heterocycles. The van der Waals surface area contributed by atoms with Gasteiger partial charge in [0, 0.05) is 20.2 Å². The maximum absolute atomic E-state index is 11.5. The number of methoxy groups -OCH3 is 1. The number of rotatable bonds is 9. The molecule has 0 aromatic rings. The van der Waals surface area contributed by atoms with Crippen LogP contribution in [0.3, 0.4) is 0 Å². The van der Waals surface area contributed by atoms with Gasteiger partial charge in [0.1, 0.15) is 0 Å². The smallest absolute Gasteiger partial charge is 0.233 e. The molecular weight excluding hydrogens is 242 g/mol. The van der Waals surface area contributed by atoms with E-state index >= 15 is 0 Å². The Labute approximate surface area is 117 Å². The highest BCUT2D eigenvalue weighted by Gasteiger charge is 2.08. The molecule has 1 aliphatic rings. The fourth-order valence-electron chi connectivity index (χ4n) is 2.33. The lowest BCUT2D eigenvalue weighted by Crippen LogP contribution is -2.36. The van der Waals surface area contributed by atoms with Crippen molar-refractivity contribution in [2.75, 3.05) is 53.0 Å². The first-order valence-corrected chi connectivity index (χ1v) is 7.51. The van der Waals surface area contributed by atoms with Crippen LogP contribution in [-0.4, -0.2) is 63.8 Å². The van der Waals surface area contributed by atoms with E-state index in [1.54, 1.807) is 7.11 Å². The second kappa shape index (κ2) is 11.2. The Kier molecular flexibility index (Phi) is 9.67. The molecule has 19 heavy (non-hydrogen) atoms. The lowest BCUT2D eigenvalue weighted by molar-refractivity contribution is -0.120. The second-order valence-corrected chi connectivity index (χ2v) is 5.13. The number of carbonyl (C=O) groups is 1. The van der Waals surface area contributed by atoms with Crippen LogP contribution in [-0.2, 0) is 9.53 Å². The molecule has 0 aromatic carbocycles. The lowest BCUT2D eigenvalue weighted by Gasteiger charge is -2.19. The van der Waals surface area contributed by atoms with Gasteiger partial charge in [-0.3, -0.25) is 4.79 Å². The van der Waals surface area contributed by atoms with Gasteiger partial charge >= 0.3 is 0 Å². The largest absolute Gasteiger partial charge is 0.383 e. The second-order valence-electron chi connectivity index (χ2n) is 5.13. The van der Waals surface area contributed by atoms with Crippen LogP contribution in [0.15, 0.2) is 0 Å². The standard InChI is InChI=1S/C14H29N3O2/c1-19-12-8-15-13-14(18)16-7-6-11-17-9-4-2-3-5-10-17/h15H,2-13H2,1H3,(H,16,18). The Hall–Kier alpha value is -0.650. The van der Waals surface area contributed by atoms with Gasteiger partial charge in [0.2, 0.25) is 5.91 Å². The van der Waals surface area contributed by atoms with E-state index in [4.69, 9.17) is 4.74 Å². The van der Waals surface area contributed by atoms with Gasteiger partial charge in [0.25, 0.3) is 0 Å². The van der Waals surface area contributed by atoms with Crippen LogP contribution >= 0.6 is 0 Å². The van der Waals surface area contributed by atoms with E-state index in [1.165, 1.54) is 38.8 Å². The predicted octanol–water partition coefficient (Wildman–Crippen LogP) is 0.605. The molecule has 0 saturated carbocycles. The normalized spacial score (nSPS) is 17.1. The van der Waals surface area contributed by atoms with Crippen molar-refractivity contribution in [2.24, 2.45) is 0 Å². The molecular formula is C14H29N3O2. The monoisotopic (exact) mass is 271 g/mol. The number of ether oxygens (including phenoxy) is 1. The number of likely N-dealkylation sites (tertiary alicyclic amines) is 1. The predicted molar refractivity (Wildman–Crippen MR) is 77.3 cm³/mol. The summed E-state index contributed by atoms with van der Waals surface area (Å²) in [4.78, 5) is 14.0. The molecule has 1 saturated heterocycles. The summed E-state index contributed by atoms with van der Waals surface area (Å²) in [5, 5.41) is 5.98. The highest BCUT2D eigenvalue weighted by molar-refractivity contribution is 5.77. The van der Waals surface area contributed by atoms with Crippen molar-refractivity contribution in [3.8, 4) is 0 Å². The Bertz CT molecular complexity index is 229. The van der Waals surface area contributed by atoms with E-state index in [0.717, 1.165) is 26.1 Å². The summed E-state index contributed by atoms with van der Waals surface area (Å²) in [6.07, 6.45) is 6.45. The number of carbonyl (C=O) groups excluding carboxylic acids is 1. The van der Waals surface area contributed by atoms with Crippen LogP contribution in [0.25, 0.3) is 0 Å². The van der Waals surface area contributed by atoms with Gasteiger partial charge in [-0.25, -0.2) is 0 Å². The molecule has 0 aliphatic carbocycles. The van der Waals surface area contributed by atoms with E-state index in [9.17, 15) is 4.79 Å². The minimum Gasteiger partial charge on any atom is -0.383 e. The molecule has 1 rings (SSSR count). The summed E-state index contributed by atoms with van der Waals surface area (Å²) >= 11 is 0. The van der Waals surface area contributed by atoms with Crippen molar-refractivity contribution in [3.05, 3.63) is 0 Å². The van der Waals surface area contributed by atoms with Gasteiger partial charge in [-0.05, 0) is 38.9 Å². The minimum atomic E-state index is 0.0759. The van der Waals surface area contributed by atoms with Crippen LogP contribution in [0, 0.1) is 0 Å². The van der Waals surface area contributed by atoms with Gasteiger partial charge < -0.3 is 20.3 Å². The third-order valence-electron chi connectivity index (χ3n) is 3.44. The summed E-state index contributed by atoms with van der Waals surface area (Å²) in [7, 11) is 1.66. The third-order valence-corrected chi connectivity index (χ3v) is 3.44. The van der Waals surface area contributed by atoms with Gasteiger partial charge in [0.15, 0.2) is 0 Å². The lowest BCUT2D eigenvalue weighted by atomic mass is 10.2. The third kappa shape index (κ3) is 8.97. The van der Waals surface area contributed by atoms with Gasteiger partial charge in [-0.1, -0.05) is 12.8 Å². The average Bonchev–Trinajstić information content (AvgIpc) is 2.68. The maximum atomic E-state index is 11.5. The van der Waals surface area contributed by atoms with Crippen molar-refractivity contribution in [1.82, 2.24) is 15.5 Å². The van der Waals surface area contributed by atoms with E-state index in [-0.39, 0.29) is 5.91 Å². The number of nitrogens with one attached hydrogen (secondary N) is 2. The Balaban J connectivity index is 1.92. The average molecular weight is 271 g/mol. The molecule has 5 nitrogen and oxygen atoms in total. The number of nitrogens with zero attached hydrogens (tertiary/aromatic N) is 1. The van der Waals surface area contributed by atoms with E-state index in [1.807, 2.05) is 0 Å². The summed E-state index contributed by atoms with van der Waals surface area (Å²) in [5.74, 6) is 0.0759. The van der Waals surface area contributed by atoms with Crippen molar-refractivity contribution in [1.29, 1.82) is 0 Å². The zero-order chi connectivity index (χ0) is 13.8. The zero-order valence-corrected chi connectivity index (χ0v) is 12.2. The van der Waals surface area contributed by atoms with Crippen molar-refractivity contribution in [2.45, 2.75) is 32.1 Å².